The van der Waals surface area contributed by atoms with Crippen LogP contribution < -0.4 is 10.1 Å². The lowest BCUT2D eigenvalue weighted by Gasteiger charge is -2.32. The number of aliphatic hydroxyl groups excluding tert-OH is 1. The molecule has 2 rings (SSSR count). The molecule has 1 aromatic rings. The van der Waals surface area contributed by atoms with E-state index in [0.29, 0.717) is 19.1 Å². The zero-order chi connectivity index (χ0) is 15.3. The molecular formula is C16H23F2NO2. The number of benzene rings is 1. The number of rotatable bonds is 9. The first-order chi connectivity index (χ1) is 10.1. The lowest BCUT2D eigenvalue weighted by molar-refractivity contribution is 0.135. The van der Waals surface area contributed by atoms with Crippen molar-refractivity contribution < 1.29 is 18.6 Å². The number of ether oxygens (including phenoxy) is 1. The van der Waals surface area contributed by atoms with Gasteiger partial charge in [-0.25, -0.2) is 8.78 Å². The van der Waals surface area contributed by atoms with E-state index in [-0.39, 0.29) is 17.9 Å². The van der Waals surface area contributed by atoms with Gasteiger partial charge in [0.15, 0.2) is 11.6 Å². The third-order valence-corrected chi connectivity index (χ3v) is 4.02. The van der Waals surface area contributed by atoms with Crippen LogP contribution in [0, 0.1) is 11.6 Å². The largest absolute Gasteiger partial charge is 0.490 e. The summed E-state index contributed by atoms with van der Waals surface area (Å²) in [6.45, 7) is 2.42. The number of halogens is 2. The Balaban J connectivity index is 1.80. The predicted octanol–water partition coefficient (Wildman–Crippen LogP) is 3.02. The summed E-state index contributed by atoms with van der Waals surface area (Å²) in [5.41, 5.74) is -0.287. The maximum atomic E-state index is 13.4. The van der Waals surface area contributed by atoms with Crippen molar-refractivity contribution in [3.05, 3.63) is 29.8 Å². The minimum atomic E-state index is -0.559. The van der Waals surface area contributed by atoms with Crippen LogP contribution in [0.3, 0.4) is 0 Å². The fraction of sp³-hybridized carbons (Fsp3) is 0.625. The third kappa shape index (κ3) is 4.64. The fourth-order valence-electron chi connectivity index (χ4n) is 2.43. The second-order valence-corrected chi connectivity index (χ2v) is 5.74. The van der Waals surface area contributed by atoms with E-state index in [0.717, 1.165) is 43.9 Å². The molecule has 1 unspecified atom stereocenters. The molecule has 0 heterocycles. The third-order valence-electron chi connectivity index (χ3n) is 4.02. The molecule has 0 aliphatic heterocycles. The quantitative estimate of drug-likeness (QED) is 0.689. The standard InChI is InChI=1S/C16H23F2NO2/c1-2-16(11-20,19-13-5-6-13)8-3-9-21-15-10-12(17)4-7-14(15)18/h4,7,10,13,19-20H,2-3,5-6,8-9,11H2,1H3. The van der Waals surface area contributed by atoms with Crippen LogP contribution in [-0.4, -0.2) is 29.9 Å². The van der Waals surface area contributed by atoms with Gasteiger partial charge in [0.2, 0.25) is 0 Å². The molecule has 0 bridgehead atoms. The van der Waals surface area contributed by atoms with Crippen LogP contribution in [0.1, 0.15) is 39.0 Å². The maximum absolute atomic E-state index is 13.4. The van der Waals surface area contributed by atoms with Gasteiger partial charge in [-0.05, 0) is 44.2 Å². The number of hydrogen-bond acceptors (Lipinski definition) is 3. The van der Waals surface area contributed by atoms with Crippen molar-refractivity contribution in [3.8, 4) is 5.75 Å². The van der Waals surface area contributed by atoms with Gasteiger partial charge < -0.3 is 15.2 Å². The van der Waals surface area contributed by atoms with Gasteiger partial charge in [0.25, 0.3) is 0 Å². The predicted molar refractivity (Wildman–Crippen MR) is 77.4 cm³/mol. The van der Waals surface area contributed by atoms with Crippen molar-refractivity contribution >= 4 is 0 Å². The highest BCUT2D eigenvalue weighted by Crippen LogP contribution is 2.27. The van der Waals surface area contributed by atoms with Crippen LogP contribution in [0.5, 0.6) is 5.75 Å². The lowest BCUT2D eigenvalue weighted by atomic mass is 9.91. The summed E-state index contributed by atoms with van der Waals surface area (Å²) in [6, 6.07) is 3.69. The summed E-state index contributed by atoms with van der Waals surface area (Å²) in [5, 5.41) is 13.1. The molecule has 1 atom stereocenters. The van der Waals surface area contributed by atoms with E-state index in [1.807, 2.05) is 6.92 Å². The van der Waals surface area contributed by atoms with E-state index >= 15 is 0 Å². The summed E-state index contributed by atoms with van der Waals surface area (Å²) < 4.78 is 31.7. The molecule has 1 fully saturated rings. The zero-order valence-corrected chi connectivity index (χ0v) is 12.4. The van der Waals surface area contributed by atoms with E-state index in [4.69, 9.17) is 4.74 Å². The molecule has 1 saturated carbocycles. The maximum Gasteiger partial charge on any atom is 0.165 e. The summed E-state index contributed by atoms with van der Waals surface area (Å²) in [6.07, 6.45) is 4.56. The first-order valence-corrected chi connectivity index (χ1v) is 7.55. The molecular weight excluding hydrogens is 276 g/mol. The van der Waals surface area contributed by atoms with Gasteiger partial charge in [-0.2, -0.15) is 0 Å². The van der Waals surface area contributed by atoms with E-state index in [1.165, 1.54) is 0 Å². The van der Waals surface area contributed by atoms with Crippen LogP contribution in [0.4, 0.5) is 8.78 Å². The Morgan fingerprint density at radius 1 is 1.38 bits per heavy atom. The van der Waals surface area contributed by atoms with Crippen molar-refractivity contribution in [2.24, 2.45) is 0 Å². The summed E-state index contributed by atoms with van der Waals surface area (Å²) in [5.74, 6) is -1.13. The van der Waals surface area contributed by atoms with Gasteiger partial charge in [-0.15, -0.1) is 0 Å². The highest BCUT2D eigenvalue weighted by atomic mass is 19.1. The lowest BCUT2D eigenvalue weighted by Crippen LogP contribution is -2.49. The normalized spacial score (nSPS) is 17.5. The topological polar surface area (TPSA) is 41.5 Å². The molecule has 5 heteroatoms. The molecule has 1 aliphatic rings. The van der Waals surface area contributed by atoms with E-state index in [9.17, 15) is 13.9 Å². The SMILES string of the molecule is CCC(CO)(CCCOc1cc(F)ccc1F)NC1CC1. The van der Waals surface area contributed by atoms with Crippen molar-refractivity contribution in [2.75, 3.05) is 13.2 Å². The van der Waals surface area contributed by atoms with E-state index in [1.54, 1.807) is 0 Å². The minimum Gasteiger partial charge on any atom is -0.490 e. The Kier molecular flexibility index (Phi) is 5.53. The Morgan fingerprint density at radius 2 is 2.14 bits per heavy atom. The second kappa shape index (κ2) is 7.18. The molecule has 0 radical (unpaired) electrons. The smallest absolute Gasteiger partial charge is 0.165 e. The highest BCUT2D eigenvalue weighted by molar-refractivity contribution is 5.24. The minimum absolute atomic E-state index is 0.0590. The molecule has 1 aromatic carbocycles. The Hall–Kier alpha value is -1.20. The summed E-state index contributed by atoms with van der Waals surface area (Å²) in [4.78, 5) is 0. The Bertz CT molecular complexity index is 460. The molecule has 0 saturated heterocycles. The van der Waals surface area contributed by atoms with Crippen LogP contribution in [0.15, 0.2) is 18.2 Å². The molecule has 0 spiro atoms. The molecule has 0 amide bonds. The highest BCUT2D eigenvalue weighted by Gasteiger charge is 2.33. The number of aliphatic hydroxyl groups is 1. The molecule has 118 valence electrons. The van der Waals surface area contributed by atoms with Crippen LogP contribution in [0.25, 0.3) is 0 Å². The number of nitrogens with one attached hydrogen (secondary N) is 1. The molecule has 2 N–H and O–H groups in total. The molecule has 1 aliphatic carbocycles. The number of hydrogen-bond donors (Lipinski definition) is 2. The first-order valence-electron chi connectivity index (χ1n) is 7.55. The summed E-state index contributed by atoms with van der Waals surface area (Å²) >= 11 is 0. The molecule has 3 nitrogen and oxygen atoms in total. The van der Waals surface area contributed by atoms with Gasteiger partial charge in [0, 0.05) is 17.6 Å². The Morgan fingerprint density at radius 3 is 2.76 bits per heavy atom. The van der Waals surface area contributed by atoms with Crippen molar-refractivity contribution in [3.63, 3.8) is 0 Å². The van der Waals surface area contributed by atoms with Gasteiger partial charge in [0.1, 0.15) is 5.82 Å². The summed E-state index contributed by atoms with van der Waals surface area (Å²) in [7, 11) is 0. The first kappa shape index (κ1) is 16.2. The second-order valence-electron chi connectivity index (χ2n) is 5.74. The van der Waals surface area contributed by atoms with Crippen molar-refractivity contribution in [1.82, 2.24) is 5.32 Å². The fourth-order valence-corrected chi connectivity index (χ4v) is 2.43. The Labute approximate surface area is 124 Å². The van der Waals surface area contributed by atoms with Crippen LogP contribution in [0.2, 0.25) is 0 Å². The van der Waals surface area contributed by atoms with Gasteiger partial charge in [-0.3, -0.25) is 0 Å². The van der Waals surface area contributed by atoms with Gasteiger partial charge in [-0.1, -0.05) is 6.92 Å². The average molecular weight is 299 g/mol. The van der Waals surface area contributed by atoms with Crippen LogP contribution in [-0.2, 0) is 0 Å². The van der Waals surface area contributed by atoms with Gasteiger partial charge in [0.05, 0.1) is 13.2 Å². The molecule has 0 aromatic heterocycles. The van der Waals surface area contributed by atoms with Crippen LogP contribution >= 0.6 is 0 Å². The monoisotopic (exact) mass is 299 g/mol. The van der Waals surface area contributed by atoms with Gasteiger partial charge >= 0.3 is 0 Å². The van der Waals surface area contributed by atoms with Crippen molar-refractivity contribution in [2.45, 2.75) is 50.6 Å². The average Bonchev–Trinajstić information content (AvgIpc) is 3.29. The van der Waals surface area contributed by atoms with Crippen molar-refractivity contribution in [1.29, 1.82) is 0 Å². The zero-order valence-electron chi connectivity index (χ0n) is 12.4. The molecule has 21 heavy (non-hydrogen) atoms. The van der Waals surface area contributed by atoms with E-state index < -0.39 is 11.6 Å². The van der Waals surface area contributed by atoms with E-state index in [2.05, 4.69) is 5.32 Å².